The molecular formula is C15H28N4O2. The summed E-state index contributed by atoms with van der Waals surface area (Å²) in [5.41, 5.74) is 5.36. The van der Waals surface area contributed by atoms with Crippen molar-refractivity contribution in [2.45, 2.75) is 19.3 Å². The third kappa shape index (κ3) is 7.82. The van der Waals surface area contributed by atoms with Gasteiger partial charge in [-0.2, -0.15) is 0 Å². The largest absolute Gasteiger partial charge is 0.369 e. The predicted octanol–water partition coefficient (Wildman–Crippen LogP) is -0.192. The Morgan fingerprint density at radius 2 is 2.19 bits per heavy atom. The summed E-state index contributed by atoms with van der Waals surface area (Å²) in [5, 5.41) is 2.87. The zero-order chi connectivity index (χ0) is 15.7. The van der Waals surface area contributed by atoms with Gasteiger partial charge in [-0.05, 0) is 46.4 Å². The quantitative estimate of drug-likeness (QED) is 0.481. The van der Waals surface area contributed by atoms with Crippen molar-refractivity contribution >= 4 is 11.8 Å². The lowest BCUT2D eigenvalue weighted by Gasteiger charge is -2.31. The fourth-order valence-corrected chi connectivity index (χ4v) is 2.43. The molecule has 21 heavy (non-hydrogen) atoms. The van der Waals surface area contributed by atoms with Crippen LogP contribution in [-0.4, -0.2) is 68.4 Å². The fourth-order valence-electron chi connectivity index (χ4n) is 2.43. The van der Waals surface area contributed by atoms with Crippen molar-refractivity contribution in [3.63, 3.8) is 0 Å². The van der Waals surface area contributed by atoms with Crippen LogP contribution in [0.3, 0.4) is 0 Å². The summed E-state index contributed by atoms with van der Waals surface area (Å²) in [6, 6.07) is 0. The summed E-state index contributed by atoms with van der Waals surface area (Å²) in [5.74, 6) is -0.258. The Bertz CT molecular complexity index is 369. The number of amides is 2. The van der Waals surface area contributed by atoms with Gasteiger partial charge in [0.05, 0.1) is 5.92 Å². The van der Waals surface area contributed by atoms with Gasteiger partial charge in [-0.1, -0.05) is 6.08 Å². The first-order valence-corrected chi connectivity index (χ1v) is 7.60. The Labute approximate surface area is 127 Å². The van der Waals surface area contributed by atoms with Gasteiger partial charge >= 0.3 is 0 Å². The van der Waals surface area contributed by atoms with Crippen molar-refractivity contribution in [3.8, 4) is 0 Å². The molecule has 0 aromatic heterocycles. The van der Waals surface area contributed by atoms with E-state index in [1.165, 1.54) is 0 Å². The molecule has 0 aromatic carbocycles. The SMILES string of the molecule is CN(C)C/C=C/C(=O)NCCCN1CCCC(C(N)=O)C1. The van der Waals surface area contributed by atoms with Crippen molar-refractivity contribution in [1.29, 1.82) is 0 Å². The number of likely N-dealkylation sites (N-methyl/N-ethyl adjacent to an activating group) is 1. The van der Waals surface area contributed by atoms with E-state index >= 15 is 0 Å². The third-order valence-corrected chi connectivity index (χ3v) is 3.60. The summed E-state index contributed by atoms with van der Waals surface area (Å²) < 4.78 is 0. The van der Waals surface area contributed by atoms with Crippen LogP contribution in [0.25, 0.3) is 0 Å². The number of piperidine rings is 1. The van der Waals surface area contributed by atoms with Gasteiger partial charge in [-0.25, -0.2) is 0 Å². The van der Waals surface area contributed by atoms with Crippen LogP contribution in [-0.2, 0) is 9.59 Å². The molecule has 0 bridgehead atoms. The molecule has 1 aliphatic rings. The molecule has 1 fully saturated rings. The van der Waals surface area contributed by atoms with Gasteiger partial charge in [0.25, 0.3) is 0 Å². The maximum atomic E-state index is 11.5. The normalized spacial score (nSPS) is 20.0. The topological polar surface area (TPSA) is 78.7 Å². The van der Waals surface area contributed by atoms with Crippen molar-refractivity contribution in [3.05, 3.63) is 12.2 Å². The zero-order valence-corrected chi connectivity index (χ0v) is 13.2. The lowest BCUT2D eigenvalue weighted by Crippen LogP contribution is -2.42. The standard InChI is InChI=1S/C15H28N4O2/c1-18(2)9-4-7-14(20)17-8-5-11-19-10-3-6-13(12-19)15(16)21/h4,7,13H,3,5-6,8-12H2,1-2H3,(H2,16,21)(H,17,20)/b7-4+. The highest BCUT2D eigenvalue weighted by atomic mass is 16.1. The molecule has 0 saturated carbocycles. The van der Waals surface area contributed by atoms with Gasteiger partial charge in [0.1, 0.15) is 0 Å². The van der Waals surface area contributed by atoms with Gasteiger partial charge in [-0.3, -0.25) is 9.59 Å². The van der Waals surface area contributed by atoms with Crippen LogP contribution < -0.4 is 11.1 Å². The van der Waals surface area contributed by atoms with Crippen molar-refractivity contribution in [1.82, 2.24) is 15.1 Å². The van der Waals surface area contributed by atoms with Gasteiger partial charge in [0.2, 0.25) is 11.8 Å². The molecule has 1 unspecified atom stereocenters. The van der Waals surface area contributed by atoms with Crippen LogP contribution >= 0.6 is 0 Å². The Kier molecular flexibility index (Phi) is 8.00. The average molecular weight is 296 g/mol. The molecule has 0 radical (unpaired) electrons. The molecule has 1 saturated heterocycles. The van der Waals surface area contributed by atoms with E-state index in [0.717, 1.165) is 45.4 Å². The number of rotatable bonds is 8. The van der Waals surface area contributed by atoms with E-state index in [2.05, 4.69) is 10.2 Å². The molecule has 1 atom stereocenters. The second kappa shape index (κ2) is 9.52. The summed E-state index contributed by atoms with van der Waals surface area (Å²) >= 11 is 0. The van der Waals surface area contributed by atoms with E-state index in [1.54, 1.807) is 6.08 Å². The molecule has 1 heterocycles. The van der Waals surface area contributed by atoms with Crippen LogP contribution in [0.4, 0.5) is 0 Å². The number of carbonyl (C=O) groups excluding carboxylic acids is 2. The summed E-state index contributed by atoms with van der Waals surface area (Å²) in [6.07, 6.45) is 6.23. The van der Waals surface area contributed by atoms with E-state index in [-0.39, 0.29) is 17.7 Å². The van der Waals surface area contributed by atoms with Gasteiger partial charge in [0.15, 0.2) is 0 Å². The molecular weight excluding hydrogens is 268 g/mol. The number of carbonyl (C=O) groups is 2. The summed E-state index contributed by atoms with van der Waals surface area (Å²) in [6.45, 7) is 4.08. The van der Waals surface area contributed by atoms with Crippen LogP contribution in [0.1, 0.15) is 19.3 Å². The van der Waals surface area contributed by atoms with E-state index in [0.29, 0.717) is 6.54 Å². The van der Waals surface area contributed by atoms with Crippen LogP contribution in [0.5, 0.6) is 0 Å². The second-order valence-corrected chi connectivity index (χ2v) is 5.85. The Balaban J connectivity index is 2.12. The van der Waals surface area contributed by atoms with Crippen LogP contribution in [0.15, 0.2) is 12.2 Å². The van der Waals surface area contributed by atoms with Crippen LogP contribution in [0, 0.1) is 5.92 Å². The van der Waals surface area contributed by atoms with Gasteiger partial charge in [-0.15, -0.1) is 0 Å². The first kappa shape index (κ1) is 17.7. The maximum absolute atomic E-state index is 11.5. The van der Waals surface area contributed by atoms with Crippen molar-refractivity contribution in [2.75, 3.05) is 46.8 Å². The molecule has 3 N–H and O–H groups in total. The third-order valence-electron chi connectivity index (χ3n) is 3.60. The summed E-state index contributed by atoms with van der Waals surface area (Å²) in [4.78, 5) is 27.0. The number of nitrogens with one attached hydrogen (secondary N) is 1. The number of primary amides is 1. The van der Waals surface area contributed by atoms with Gasteiger partial charge < -0.3 is 20.9 Å². The first-order chi connectivity index (χ1) is 9.99. The molecule has 0 aromatic rings. The maximum Gasteiger partial charge on any atom is 0.243 e. The number of nitrogens with zero attached hydrogens (tertiary/aromatic N) is 2. The highest BCUT2D eigenvalue weighted by Crippen LogP contribution is 2.15. The second-order valence-electron chi connectivity index (χ2n) is 5.85. The molecule has 0 aliphatic carbocycles. The molecule has 6 nitrogen and oxygen atoms in total. The van der Waals surface area contributed by atoms with Crippen molar-refractivity contribution in [2.24, 2.45) is 11.7 Å². The van der Waals surface area contributed by atoms with Crippen LogP contribution in [0.2, 0.25) is 0 Å². The minimum Gasteiger partial charge on any atom is -0.369 e. The lowest BCUT2D eigenvalue weighted by atomic mass is 9.97. The smallest absolute Gasteiger partial charge is 0.243 e. The average Bonchev–Trinajstić information content (AvgIpc) is 2.43. The molecule has 6 heteroatoms. The van der Waals surface area contributed by atoms with E-state index in [9.17, 15) is 9.59 Å². The van der Waals surface area contributed by atoms with E-state index in [1.807, 2.05) is 25.1 Å². The van der Waals surface area contributed by atoms with Gasteiger partial charge in [0, 0.05) is 25.7 Å². The molecule has 2 amide bonds. The van der Waals surface area contributed by atoms with E-state index in [4.69, 9.17) is 5.73 Å². The van der Waals surface area contributed by atoms with Crippen molar-refractivity contribution < 1.29 is 9.59 Å². The summed E-state index contributed by atoms with van der Waals surface area (Å²) in [7, 11) is 3.92. The Morgan fingerprint density at radius 3 is 2.86 bits per heavy atom. The minimum absolute atomic E-state index is 0.0118. The number of hydrogen-bond donors (Lipinski definition) is 2. The zero-order valence-electron chi connectivity index (χ0n) is 13.2. The lowest BCUT2D eigenvalue weighted by molar-refractivity contribution is -0.123. The molecule has 120 valence electrons. The number of nitrogens with two attached hydrogens (primary N) is 1. The minimum atomic E-state index is -0.195. The molecule has 0 spiro atoms. The van der Waals surface area contributed by atoms with E-state index < -0.39 is 0 Å². The number of likely N-dealkylation sites (tertiary alicyclic amines) is 1. The highest BCUT2D eigenvalue weighted by Gasteiger charge is 2.23. The fraction of sp³-hybridized carbons (Fsp3) is 0.733. The highest BCUT2D eigenvalue weighted by molar-refractivity contribution is 5.87. The Hall–Kier alpha value is -1.40. The first-order valence-electron chi connectivity index (χ1n) is 7.60. The number of hydrogen-bond acceptors (Lipinski definition) is 4. The molecule has 1 aliphatic heterocycles. The monoisotopic (exact) mass is 296 g/mol. The Morgan fingerprint density at radius 1 is 1.43 bits per heavy atom. The predicted molar refractivity (Wildman–Crippen MR) is 83.7 cm³/mol. The molecule has 1 rings (SSSR count).